The topological polar surface area (TPSA) is 61.8 Å². The van der Waals surface area contributed by atoms with Crippen LogP contribution in [0.15, 0.2) is 30.9 Å². The Morgan fingerprint density at radius 3 is 2.71 bits per heavy atom. The van der Waals surface area contributed by atoms with Crippen molar-refractivity contribution in [3.05, 3.63) is 41.4 Å². The van der Waals surface area contributed by atoms with Gasteiger partial charge in [0.15, 0.2) is 6.10 Å². The van der Waals surface area contributed by atoms with E-state index in [1.54, 1.807) is 13.0 Å². The molecule has 6 heteroatoms. The fourth-order valence-corrected chi connectivity index (χ4v) is 1.64. The van der Waals surface area contributed by atoms with Crippen LogP contribution in [0.1, 0.15) is 23.7 Å². The Balaban J connectivity index is 2.68. The van der Waals surface area contributed by atoms with Gasteiger partial charge >= 0.3 is 11.9 Å². The molecule has 21 heavy (non-hydrogen) atoms. The quantitative estimate of drug-likeness (QED) is 0.335. The molecule has 0 spiro atoms. The molecule has 5 nitrogen and oxygen atoms in total. The van der Waals surface area contributed by atoms with E-state index in [0.717, 1.165) is 0 Å². The summed E-state index contributed by atoms with van der Waals surface area (Å²) in [5.74, 6) is -0.920. The molecule has 0 bridgehead atoms. The van der Waals surface area contributed by atoms with Crippen LogP contribution < -0.4 is 4.74 Å². The van der Waals surface area contributed by atoms with Crippen molar-refractivity contribution in [3.63, 3.8) is 0 Å². The average Bonchev–Trinajstić information content (AvgIpc) is 2.48. The number of hydrogen-bond acceptors (Lipinski definition) is 5. The predicted molar refractivity (Wildman–Crippen MR) is 78.7 cm³/mol. The zero-order chi connectivity index (χ0) is 15.8. The molecule has 0 fully saturated rings. The molecule has 0 radical (unpaired) electrons. The van der Waals surface area contributed by atoms with Gasteiger partial charge in [-0.2, -0.15) is 0 Å². The maximum Gasteiger partial charge on any atom is 0.340 e. The molecule has 1 aromatic carbocycles. The van der Waals surface area contributed by atoms with Crippen LogP contribution in [0.3, 0.4) is 0 Å². The summed E-state index contributed by atoms with van der Waals surface area (Å²) in [7, 11) is 1.27. The van der Waals surface area contributed by atoms with Gasteiger partial charge in [0.05, 0.1) is 24.3 Å². The largest absolute Gasteiger partial charge is 0.465 e. The number of hydrogen-bond donors (Lipinski definition) is 0. The summed E-state index contributed by atoms with van der Waals surface area (Å²) >= 11 is 5.97. The molecule has 0 saturated heterocycles. The third-order valence-corrected chi connectivity index (χ3v) is 2.88. The summed E-state index contributed by atoms with van der Waals surface area (Å²) < 4.78 is 15.0. The van der Waals surface area contributed by atoms with Crippen molar-refractivity contribution in [1.82, 2.24) is 0 Å². The highest BCUT2D eigenvalue weighted by atomic mass is 35.5. The molecule has 0 N–H and O–H groups in total. The van der Waals surface area contributed by atoms with E-state index in [1.165, 1.54) is 25.3 Å². The van der Waals surface area contributed by atoms with E-state index in [4.69, 9.17) is 21.1 Å². The number of methoxy groups -OCH3 is 1. The average molecular weight is 313 g/mol. The van der Waals surface area contributed by atoms with Crippen molar-refractivity contribution < 1.29 is 23.8 Å². The van der Waals surface area contributed by atoms with Gasteiger partial charge in [-0.25, -0.2) is 9.59 Å². The zero-order valence-corrected chi connectivity index (χ0v) is 12.7. The maximum absolute atomic E-state index is 11.8. The van der Waals surface area contributed by atoms with Gasteiger partial charge in [0.25, 0.3) is 0 Å². The van der Waals surface area contributed by atoms with Crippen molar-refractivity contribution >= 4 is 23.5 Å². The van der Waals surface area contributed by atoms with E-state index in [1.807, 2.05) is 0 Å². The van der Waals surface area contributed by atoms with Crippen molar-refractivity contribution in [3.8, 4) is 5.75 Å². The van der Waals surface area contributed by atoms with Gasteiger partial charge in [-0.05, 0) is 31.5 Å². The Morgan fingerprint density at radius 2 is 2.14 bits per heavy atom. The van der Waals surface area contributed by atoms with Crippen LogP contribution in [-0.2, 0) is 14.3 Å². The first kappa shape index (κ1) is 17.2. The number of carbonyl (C=O) groups is 2. The minimum Gasteiger partial charge on any atom is -0.465 e. The first-order valence-corrected chi connectivity index (χ1v) is 6.69. The minimum atomic E-state index is -0.721. The van der Waals surface area contributed by atoms with Gasteiger partial charge in [0, 0.05) is 0 Å². The number of benzene rings is 1. The zero-order valence-electron chi connectivity index (χ0n) is 11.9. The molecule has 0 amide bonds. The highest BCUT2D eigenvalue weighted by Gasteiger charge is 2.18. The lowest BCUT2D eigenvalue weighted by atomic mass is 10.2. The Kier molecular flexibility index (Phi) is 6.91. The molecule has 114 valence electrons. The SMILES string of the molecule is C=CCCOC(C)C(=O)Oc1ccc(C(=O)OC)cc1Cl. The summed E-state index contributed by atoms with van der Waals surface area (Å²) in [6.07, 6.45) is 1.62. The second-order valence-corrected chi connectivity index (χ2v) is 4.56. The van der Waals surface area contributed by atoms with E-state index < -0.39 is 18.0 Å². The van der Waals surface area contributed by atoms with Crippen molar-refractivity contribution in [2.45, 2.75) is 19.4 Å². The first-order valence-electron chi connectivity index (χ1n) is 6.31. The normalized spacial score (nSPS) is 11.6. The van der Waals surface area contributed by atoms with Crippen LogP contribution in [0.4, 0.5) is 0 Å². The predicted octanol–water partition coefficient (Wildman–Crippen LogP) is 3.01. The third-order valence-electron chi connectivity index (χ3n) is 2.59. The van der Waals surface area contributed by atoms with Crippen molar-refractivity contribution in [1.29, 1.82) is 0 Å². The highest BCUT2D eigenvalue weighted by molar-refractivity contribution is 6.32. The van der Waals surface area contributed by atoms with Crippen LogP contribution >= 0.6 is 11.6 Å². The molecule has 0 aliphatic heterocycles. The van der Waals surface area contributed by atoms with Gasteiger partial charge in [-0.1, -0.05) is 17.7 Å². The molecular weight excluding hydrogens is 296 g/mol. The Morgan fingerprint density at radius 1 is 1.43 bits per heavy atom. The van der Waals surface area contributed by atoms with Gasteiger partial charge in [-0.3, -0.25) is 0 Å². The second-order valence-electron chi connectivity index (χ2n) is 4.15. The van der Waals surface area contributed by atoms with Crippen LogP contribution in [-0.4, -0.2) is 31.8 Å². The van der Waals surface area contributed by atoms with E-state index >= 15 is 0 Å². The van der Waals surface area contributed by atoms with E-state index in [0.29, 0.717) is 13.0 Å². The Bertz CT molecular complexity index is 527. The molecule has 0 saturated carbocycles. The standard InChI is InChI=1S/C15H17ClO5/c1-4-5-8-20-10(2)14(17)21-13-7-6-11(9-12(13)16)15(18)19-3/h4,6-7,9-10H,1,5,8H2,2-3H3. The van der Waals surface area contributed by atoms with Crippen LogP contribution in [0.25, 0.3) is 0 Å². The van der Waals surface area contributed by atoms with Crippen LogP contribution in [0, 0.1) is 0 Å². The van der Waals surface area contributed by atoms with Crippen molar-refractivity contribution in [2.24, 2.45) is 0 Å². The molecule has 0 aliphatic rings. The molecular formula is C15H17ClO5. The van der Waals surface area contributed by atoms with E-state index in [-0.39, 0.29) is 16.3 Å². The molecule has 1 unspecified atom stereocenters. The second kappa shape index (κ2) is 8.44. The molecule has 1 rings (SSSR count). The van der Waals surface area contributed by atoms with E-state index in [2.05, 4.69) is 11.3 Å². The van der Waals surface area contributed by atoms with Gasteiger partial charge in [0.1, 0.15) is 5.75 Å². The lowest BCUT2D eigenvalue weighted by Gasteiger charge is -2.13. The lowest BCUT2D eigenvalue weighted by molar-refractivity contribution is -0.146. The molecule has 1 atom stereocenters. The number of rotatable bonds is 7. The van der Waals surface area contributed by atoms with Crippen LogP contribution in [0.2, 0.25) is 5.02 Å². The Labute approximate surface area is 128 Å². The number of halogens is 1. The minimum absolute atomic E-state index is 0.143. The van der Waals surface area contributed by atoms with Gasteiger partial charge in [-0.15, -0.1) is 6.58 Å². The monoisotopic (exact) mass is 312 g/mol. The highest BCUT2D eigenvalue weighted by Crippen LogP contribution is 2.26. The molecule has 0 heterocycles. The molecule has 0 aliphatic carbocycles. The Hall–Kier alpha value is -1.85. The summed E-state index contributed by atoms with van der Waals surface area (Å²) in [6.45, 7) is 5.53. The van der Waals surface area contributed by atoms with E-state index in [9.17, 15) is 9.59 Å². The summed E-state index contributed by atoms with van der Waals surface area (Å²) in [5, 5.41) is 0.143. The first-order chi connectivity index (χ1) is 9.99. The number of ether oxygens (including phenoxy) is 3. The summed E-state index contributed by atoms with van der Waals surface area (Å²) in [5.41, 5.74) is 0.276. The number of esters is 2. The van der Waals surface area contributed by atoms with Gasteiger partial charge < -0.3 is 14.2 Å². The molecule has 1 aromatic rings. The maximum atomic E-state index is 11.8. The number of carbonyl (C=O) groups excluding carboxylic acids is 2. The van der Waals surface area contributed by atoms with Crippen LogP contribution in [0.5, 0.6) is 5.75 Å². The van der Waals surface area contributed by atoms with Gasteiger partial charge in [0.2, 0.25) is 0 Å². The summed E-state index contributed by atoms with van der Waals surface area (Å²) in [4.78, 5) is 23.1. The third kappa shape index (κ3) is 5.21. The lowest BCUT2D eigenvalue weighted by Crippen LogP contribution is -2.26. The smallest absolute Gasteiger partial charge is 0.340 e. The fourth-order valence-electron chi connectivity index (χ4n) is 1.42. The van der Waals surface area contributed by atoms with Crippen molar-refractivity contribution in [2.75, 3.05) is 13.7 Å². The molecule has 0 aromatic heterocycles. The fraction of sp³-hybridized carbons (Fsp3) is 0.333. The summed E-state index contributed by atoms with van der Waals surface area (Å²) in [6, 6.07) is 4.27.